The van der Waals surface area contributed by atoms with Gasteiger partial charge in [-0.3, -0.25) is 9.69 Å². The highest BCUT2D eigenvalue weighted by Crippen LogP contribution is 2.49. The molecule has 2 aromatic heterocycles. The van der Waals surface area contributed by atoms with Crippen LogP contribution in [0.2, 0.25) is 0 Å². The van der Waals surface area contributed by atoms with E-state index >= 15 is 0 Å². The van der Waals surface area contributed by atoms with Crippen LogP contribution in [0.5, 0.6) is 0 Å². The number of oxime groups is 1. The molecule has 0 saturated carbocycles. The average Bonchev–Trinajstić information content (AvgIpc) is 3.60. The Morgan fingerprint density at radius 3 is 2.56 bits per heavy atom. The molecular formula is C32H41N9O3S. The van der Waals surface area contributed by atoms with Crippen molar-refractivity contribution in [2.45, 2.75) is 43.9 Å². The zero-order chi connectivity index (χ0) is 31.3. The first-order valence-corrected chi connectivity index (χ1v) is 16.7. The smallest absolute Gasteiger partial charge is 0.246 e. The number of amides is 1. The number of rotatable bonds is 6. The molecule has 0 aromatic carbocycles. The van der Waals surface area contributed by atoms with Gasteiger partial charge in [0.2, 0.25) is 12.1 Å². The van der Waals surface area contributed by atoms with Gasteiger partial charge in [-0.15, -0.1) is 11.3 Å². The number of aromatic nitrogens is 1. The number of hydrogen-bond acceptors (Lipinski definition) is 12. The number of ether oxygens (including phenoxy) is 1. The third-order valence-corrected chi connectivity index (χ3v) is 11.3. The third kappa shape index (κ3) is 5.18. The number of nitrogens with two attached hydrogens (primary N) is 1. The lowest BCUT2D eigenvalue weighted by Gasteiger charge is -2.43. The molecule has 1 aliphatic carbocycles. The molecule has 238 valence electrons. The lowest BCUT2D eigenvalue weighted by atomic mass is 9.71. The van der Waals surface area contributed by atoms with Crippen LogP contribution in [-0.2, 0) is 26.2 Å². The van der Waals surface area contributed by atoms with Crippen molar-refractivity contribution >= 4 is 39.6 Å². The van der Waals surface area contributed by atoms with E-state index in [4.69, 9.17) is 20.3 Å². The number of thiophene rings is 1. The van der Waals surface area contributed by atoms with Crippen molar-refractivity contribution in [3.63, 3.8) is 0 Å². The van der Waals surface area contributed by atoms with Gasteiger partial charge in [0.25, 0.3) is 0 Å². The summed E-state index contributed by atoms with van der Waals surface area (Å²) in [6, 6.07) is 7.16. The Bertz CT molecular complexity index is 1550. The Labute approximate surface area is 268 Å². The minimum Gasteiger partial charge on any atom is -0.389 e. The second-order valence-corrected chi connectivity index (χ2v) is 13.9. The molecule has 3 saturated heterocycles. The third-order valence-electron chi connectivity index (χ3n) is 10.2. The predicted octanol–water partition coefficient (Wildman–Crippen LogP) is 2.20. The van der Waals surface area contributed by atoms with Gasteiger partial charge >= 0.3 is 0 Å². The van der Waals surface area contributed by atoms with Crippen molar-refractivity contribution in [1.29, 1.82) is 5.26 Å². The van der Waals surface area contributed by atoms with Crippen molar-refractivity contribution in [3.05, 3.63) is 46.5 Å². The van der Waals surface area contributed by atoms with Crippen molar-refractivity contribution in [1.82, 2.24) is 19.7 Å². The van der Waals surface area contributed by atoms with E-state index in [2.05, 4.69) is 56.5 Å². The number of fused-ring (bicyclic) bond motifs is 1. The Morgan fingerprint density at radius 1 is 1.16 bits per heavy atom. The normalized spacial score (nSPS) is 25.7. The van der Waals surface area contributed by atoms with Gasteiger partial charge in [0.05, 0.1) is 30.2 Å². The first-order chi connectivity index (χ1) is 21.8. The van der Waals surface area contributed by atoms with Crippen LogP contribution in [0.15, 0.2) is 29.9 Å². The van der Waals surface area contributed by atoms with Gasteiger partial charge in [-0.25, -0.2) is 4.98 Å². The molecule has 7 rings (SSSR count). The SMILES string of the molecule is C=CC(=O)N1CCN(c2cc(C3=NOC(C4(C)CCCc5sc(N)c(C#N)c54)N3C)nc(N3CCN(C4COC4)CC3)c2)CC1. The van der Waals surface area contributed by atoms with Crippen molar-refractivity contribution < 1.29 is 14.4 Å². The number of hydrogen-bond donors (Lipinski definition) is 1. The van der Waals surface area contributed by atoms with E-state index in [9.17, 15) is 10.1 Å². The first-order valence-electron chi connectivity index (χ1n) is 15.8. The summed E-state index contributed by atoms with van der Waals surface area (Å²) in [5.41, 5.74) is 9.24. The number of pyridine rings is 1. The van der Waals surface area contributed by atoms with Gasteiger partial charge < -0.3 is 34.9 Å². The van der Waals surface area contributed by atoms with E-state index < -0.39 is 11.6 Å². The quantitative estimate of drug-likeness (QED) is 0.474. The molecule has 5 aliphatic rings. The number of amidine groups is 1. The summed E-state index contributed by atoms with van der Waals surface area (Å²) in [5.74, 6) is 1.56. The number of piperazine rings is 2. The standard InChI is InChI=1S/C32H41N9O3S/c1-4-27(42)41-14-10-38(11-15-41)21-16-24(35-26(17-21)40-12-8-39(9-13-40)22-19-43-20-22)30-36-44-31(37(30)3)32(2)7-5-6-25-28(32)23(18-33)29(34)45-25/h4,16-17,22,31H,1,5-15,19-20,34H2,2-3H3. The summed E-state index contributed by atoms with van der Waals surface area (Å²) in [6.07, 6.45) is 3.77. The number of anilines is 3. The molecule has 2 atom stereocenters. The Morgan fingerprint density at radius 2 is 1.89 bits per heavy atom. The Balaban J connectivity index is 1.18. The van der Waals surface area contributed by atoms with Crippen LogP contribution in [0.3, 0.4) is 0 Å². The lowest BCUT2D eigenvalue weighted by Crippen LogP contribution is -2.56. The molecule has 6 heterocycles. The van der Waals surface area contributed by atoms with Gasteiger partial charge in [0.15, 0.2) is 5.84 Å². The second kappa shape index (κ2) is 11.8. The van der Waals surface area contributed by atoms with Crippen LogP contribution in [0.4, 0.5) is 16.5 Å². The molecule has 1 amide bonds. The molecule has 4 aliphatic heterocycles. The number of likely N-dealkylation sites (N-methyl/N-ethyl adjacent to an activating group) is 1. The van der Waals surface area contributed by atoms with Crippen LogP contribution in [-0.4, -0.2) is 116 Å². The molecule has 0 radical (unpaired) electrons. The number of carbonyl (C=O) groups is 1. The van der Waals surface area contributed by atoms with Crippen LogP contribution in [0.1, 0.15) is 41.5 Å². The molecule has 3 fully saturated rings. The number of nitriles is 1. The van der Waals surface area contributed by atoms with Crippen LogP contribution < -0.4 is 15.5 Å². The fraction of sp³-hybridized carbons (Fsp3) is 0.562. The van der Waals surface area contributed by atoms with Gasteiger partial charge in [-0.1, -0.05) is 11.7 Å². The summed E-state index contributed by atoms with van der Waals surface area (Å²) in [7, 11) is 2.00. The van der Waals surface area contributed by atoms with Gasteiger partial charge in [-0.05, 0) is 43.9 Å². The van der Waals surface area contributed by atoms with Crippen molar-refractivity contribution in [2.24, 2.45) is 5.16 Å². The fourth-order valence-corrected chi connectivity index (χ4v) is 8.72. The van der Waals surface area contributed by atoms with Crippen LogP contribution in [0, 0.1) is 11.3 Å². The van der Waals surface area contributed by atoms with Gasteiger partial charge in [0.1, 0.15) is 22.6 Å². The topological polar surface area (TPSA) is 127 Å². The highest BCUT2D eigenvalue weighted by molar-refractivity contribution is 7.16. The average molecular weight is 632 g/mol. The van der Waals surface area contributed by atoms with E-state index in [0.29, 0.717) is 35.5 Å². The molecule has 0 bridgehead atoms. The Kier molecular flexibility index (Phi) is 7.83. The van der Waals surface area contributed by atoms with E-state index in [-0.39, 0.29) is 5.91 Å². The zero-order valence-electron chi connectivity index (χ0n) is 26.1. The molecule has 2 N–H and O–H groups in total. The number of nitrogen functional groups attached to an aromatic ring is 1. The zero-order valence-corrected chi connectivity index (χ0v) is 26.9. The summed E-state index contributed by atoms with van der Waals surface area (Å²) in [5, 5.41) is 15.2. The molecule has 0 spiro atoms. The van der Waals surface area contributed by atoms with Crippen LogP contribution in [0.25, 0.3) is 0 Å². The molecule has 13 heteroatoms. The predicted molar refractivity (Wildman–Crippen MR) is 175 cm³/mol. The summed E-state index contributed by atoms with van der Waals surface area (Å²) >= 11 is 1.53. The largest absolute Gasteiger partial charge is 0.389 e. The molecule has 2 unspecified atom stereocenters. The van der Waals surface area contributed by atoms with E-state index in [1.54, 1.807) is 0 Å². The summed E-state index contributed by atoms with van der Waals surface area (Å²) < 4.78 is 5.43. The minimum atomic E-state index is -0.456. The van der Waals surface area contributed by atoms with E-state index in [0.717, 1.165) is 94.5 Å². The van der Waals surface area contributed by atoms with E-state index in [1.807, 2.05) is 11.9 Å². The molecule has 12 nitrogen and oxygen atoms in total. The van der Waals surface area contributed by atoms with Crippen molar-refractivity contribution in [3.8, 4) is 6.07 Å². The Hall–Kier alpha value is -3.86. The summed E-state index contributed by atoms with van der Waals surface area (Å²) in [4.78, 5) is 36.0. The fourth-order valence-electron chi connectivity index (χ4n) is 7.52. The second-order valence-electron chi connectivity index (χ2n) is 12.8. The highest BCUT2D eigenvalue weighted by Gasteiger charge is 2.50. The molecule has 45 heavy (non-hydrogen) atoms. The molecular weight excluding hydrogens is 590 g/mol. The van der Waals surface area contributed by atoms with Gasteiger partial charge in [0, 0.05) is 76.0 Å². The highest BCUT2D eigenvalue weighted by atomic mass is 32.1. The van der Waals surface area contributed by atoms with Crippen LogP contribution >= 0.6 is 11.3 Å². The number of carbonyl (C=O) groups excluding carboxylic acids is 1. The molecule has 2 aromatic rings. The summed E-state index contributed by atoms with van der Waals surface area (Å²) in [6.45, 7) is 13.9. The lowest BCUT2D eigenvalue weighted by molar-refractivity contribution is -0.126. The maximum absolute atomic E-state index is 12.2. The van der Waals surface area contributed by atoms with E-state index in [1.165, 1.54) is 22.3 Å². The number of nitrogens with zero attached hydrogens (tertiary/aromatic N) is 8. The maximum atomic E-state index is 12.2. The monoisotopic (exact) mass is 631 g/mol. The first kappa shape index (κ1) is 29.8. The minimum absolute atomic E-state index is 0.0306. The van der Waals surface area contributed by atoms with Crippen molar-refractivity contribution in [2.75, 3.05) is 88.2 Å². The maximum Gasteiger partial charge on any atom is 0.246 e. The number of aryl methyl sites for hydroxylation is 1. The van der Waals surface area contributed by atoms with Gasteiger partial charge in [-0.2, -0.15) is 5.26 Å².